The highest BCUT2D eigenvalue weighted by Crippen LogP contribution is 2.33. The second-order valence-electron chi connectivity index (χ2n) is 6.92. The molecule has 144 valence electrons. The Morgan fingerprint density at radius 3 is 2.82 bits per heavy atom. The number of hydrogen-bond acceptors (Lipinski definition) is 5. The number of esters is 1. The molecule has 2 atom stereocenters. The van der Waals surface area contributed by atoms with E-state index >= 15 is 0 Å². The van der Waals surface area contributed by atoms with Gasteiger partial charge in [0.2, 0.25) is 6.79 Å². The SMILES string of the molecule is C[C@H](OC(=O)/C=C/c1ccc2c(c1)OCO2)C(=O)N1c2ccccc2C[C@@H]1C. The van der Waals surface area contributed by atoms with Crippen molar-refractivity contribution in [3.63, 3.8) is 0 Å². The first-order chi connectivity index (χ1) is 13.5. The zero-order valence-corrected chi connectivity index (χ0v) is 15.8. The minimum Gasteiger partial charge on any atom is -0.454 e. The van der Waals surface area contributed by atoms with Gasteiger partial charge in [-0.15, -0.1) is 0 Å². The van der Waals surface area contributed by atoms with Crippen LogP contribution in [0.4, 0.5) is 5.69 Å². The molecule has 2 aromatic carbocycles. The Balaban J connectivity index is 1.40. The van der Waals surface area contributed by atoms with Crippen molar-refractivity contribution in [3.8, 4) is 11.5 Å². The first-order valence-electron chi connectivity index (χ1n) is 9.22. The van der Waals surface area contributed by atoms with Crippen LogP contribution in [0.15, 0.2) is 48.5 Å². The first kappa shape index (κ1) is 18.1. The molecule has 2 aliphatic rings. The van der Waals surface area contributed by atoms with Gasteiger partial charge in [0.1, 0.15) is 0 Å². The maximum atomic E-state index is 12.9. The average Bonchev–Trinajstić information content (AvgIpc) is 3.28. The lowest BCUT2D eigenvalue weighted by molar-refractivity contribution is -0.149. The van der Waals surface area contributed by atoms with E-state index in [-0.39, 0.29) is 18.7 Å². The molecule has 0 aliphatic carbocycles. The zero-order chi connectivity index (χ0) is 19.7. The molecule has 0 bridgehead atoms. The Bertz CT molecular complexity index is 952. The Morgan fingerprint density at radius 2 is 1.96 bits per heavy atom. The summed E-state index contributed by atoms with van der Waals surface area (Å²) >= 11 is 0. The maximum Gasteiger partial charge on any atom is 0.331 e. The van der Waals surface area contributed by atoms with Crippen LogP contribution in [0.3, 0.4) is 0 Å². The van der Waals surface area contributed by atoms with Crippen LogP contribution in [-0.2, 0) is 20.7 Å². The van der Waals surface area contributed by atoms with Crippen molar-refractivity contribution in [1.82, 2.24) is 0 Å². The molecule has 2 heterocycles. The molecular formula is C22H21NO5. The van der Waals surface area contributed by atoms with Crippen molar-refractivity contribution < 1.29 is 23.8 Å². The lowest BCUT2D eigenvalue weighted by Gasteiger charge is -2.25. The first-order valence-corrected chi connectivity index (χ1v) is 9.22. The fraction of sp³-hybridized carbons (Fsp3) is 0.273. The standard InChI is InChI=1S/C22H21NO5/c1-14-11-17-5-3-4-6-18(17)23(14)22(25)15(2)28-21(24)10-8-16-7-9-19-20(12-16)27-13-26-19/h3-10,12,14-15H,11,13H2,1-2H3/b10-8+/t14-,15-/m0/s1. The Labute approximate surface area is 163 Å². The Hall–Kier alpha value is -3.28. The number of amides is 1. The number of nitrogens with zero attached hydrogens (tertiary/aromatic N) is 1. The summed E-state index contributed by atoms with van der Waals surface area (Å²) in [7, 11) is 0. The summed E-state index contributed by atoms with van der Waals surface area (Å²) < 4.78 is 15.9. The minimum atomic E-state index is -0.873. The van der Waals surface area contributed by atoms with Crippen LogP contribution in [-0.4, -0.2) is 30.8 Å². The van der Waals surface area contributed by atoms with E-state index in [9.17, 15) is 9.59 Å². The topological polar surface area (TPSA) is 65.1 Å². The van der Waals surface area contributed by atoms with Crippen LogP contribution >= 0.6 is 0 Å². The van der Waals surface area contributed by atoms with E-state index in [1.807, 2.05) is 37.3 Å². The van der Waals surface area contributed by atoms with E-state index in [1.54, 1.807) is 30.0 Å². The quantitative estimate of drug-likeness (QED) is 0.602. The molecular weight excluding hydrogens is 358 g/mol. The van der Waals surface area contributed by atoms with Gasteiger partial charge in [0.25, 0.3) is 5.91 Å². The van der Waals surface area contributed by atoms with E-state index in [1.165, 1.54) is 6.08 Å². The molecule has 0 N–H and O–H groups in total. The van der Waals surface area contributed by atoms with E-state index < -0.39 is 12.1 Å². The van der Waals surface area contributed by atoms with E-state index in [4.69, 9.17) is 14.2 Å². The molecule has 0 radical (unpaired) electrons. The molecule has 6 heteroatoms. The summed E-state index contributed by atoms with van der Waals surface area (Å²) in [4.78, 5) is 26.7. The lowest BCUT2D eigenvalue weighted by Crippen LogP contribution is -2.43. The average molecular weight is 379 g/mol. The van der Waals surface area contributed by atoms with Gasteiger partial charge in [0, 0.05) is 17.8 Å². The monoisotopic (exact) mass is 379 g/mol. The second-order valence-corrected chi connectivity index (χ2v) is 6.92. The van der Waals surface area contributed by atoms with Gasteiger partial charge >= 0.3 is 5.97 Å². The van der Waals surface area contributed by atoms with Crippen LogP contribution in [0.2, 0.25) is 0 Å². The molecule has 4 rings (SSSR count). The number of para-hydroxylation sites is 1. The number of carbonyl (C=O) groups is 2. The molecule has 1 amide bonds. The molecule has 0 aromatic heterocycles. The number of rotatable bonds is 4. The normalized spacial score (nSPS) is 18.2. The molecule has 0 saturated heterocycles. The molecule has 28 heavy (non-hydrogen) atoms. The fourth-order valence-electron chi connectivity index (χ4n) is 3.54. The molecule has 0 unspecified atom stereocenters. The number of fused-ring (bicyclic) bond motifs is 2. The largest absolute Gasteiger partial charge is 0.454 e. The van der Waals surface area contributed by atoms with Gasteiger partial charge < -0.3 is 19.1 Å². The number of carbonyl (C=O) groups excluding carboxylic acids is 2. The predicted molar refractivity (Wildman–Crippen MR) is 104 cm³/mol. The number of anilines is 1. The van der Waals surface area contributed by atoms with Crippen LogP contribution in [0.1, 0.15) is 25.0 Å². The van der Waals surface area contributed by atoms with Crippen LogP contribution < -0.4 is 14.4 Å². The van der Waals surface area contributed by atoms with E-state index in [2.05, 4.69) is 0 Å². The van der Waals surface area contributed by atoms with Crippen molar-refractivity contribution in [2.45, 2.75) is 32.4 Å². The van der Waals surface area contributed by atoms with Crippen molar-refractivity contribution in [3.05, 3.63) is 59.7 Å². The number of ether oxygens (including phenoxy) is 3. The Morgan fingerprint density at radius 1 is 1.18 bits per heavy atom. The Kier molecular flexibility index (Phi) is 4.77. The van der Waals surface area contributed by atoms with Gasteiger partial charge in [-0.2, -0.15) is 0 Å². The molecule has 0 fully saturated rings. The van der Waals surface area contributed by atoms with Gasteiger partial charge in [-0.1, -0.05) is 24.3 Å². The highest BCUT2D eigenvalue weighted by Gasteiger charge is 2.34. The molecule has 0 spiro atoms. The number of hydrogen-bond donors (Lipinski definition) is 0. The highest BCUT2D eigenvalue weighted by atomic mass is 16.7. The van der Waals surface area contributed by atoms with Crippen molar-refractivity contribution in [2.75, 3.05) is 11.7 Å². The molecule has 6 nitrogen and oxygen atoms in total. The highest BCUT2D eigenvalue weighted by molar-refractivity contribution is 6.00. The molecule has 2 aliphatic heterocycles. The third-order valence-corrected chi connectivity index (χ3v) is 4.89. The summed E-state index contributed by atoms with van der Waals surface area (Å²) in [5, 5.41) is 0. The molecule has 0 saturated carbocycles. The van der Waals surface area contributed by atoms with Crippen LogP contribution in [0, 0.1) is 0 Å². The zero-order valence-electron chi connectivity index (χ0n) is 15.8. The van der Waals surface area contributed by atoms with Crippen molar-refractivity contribution in [2.24, 2.45) is 0 Å². The summed E-state index contributed by atoms with van der Waals surface area (Å²) in [5.74, 6) is 0.528. The lowest BCUT2D eigenvalue weighted by atomic mass is 10.1. The van der Waals surface area contributed by atoms with Crippen LogP contribution in [0.25, 0.3) is 6.08 Å². The van der Waals surface area contributed by atoms with Crippen molar-refractivity contribution in [1.29, 1.82) is 0 Å². The summed E-state index contributed by atoms with van der Waals surface area (Å²) in [6, 6.07) is 13.2. The summed E-state index contributed by atoms with van der Waals surface area (Å²) in [6.45, 7) is 3.79. The van der Waals surface area contributed by atoms with Gasteiger partial charge in [-0.05, 0) is 55.7 Å². The van der Waals surface area contributed by atoms with E-state index in [0.717, 1.165) is 23.2 Å². The molecule has 2 aromatic rings. The minimum absolute atomic E-state index is 0.0372. The third kappa shape index (κ3) is 3.45. The number of benzene rings is 2. The van der Waals surface area contributed by atoms with Gasteiger partial charge in [0.15, 0.2) is 17.6 Å². The van der Waals surface area contributed by atoms with Gasteiger partial charge in [-0.3, -0.25) is 4.79 Å². The van der Waals surface area contributed by atoms with Gasteiger partial charge in [-0.25, -0.2) is 4.79 Å². The third-order valence-electron chi connectivity index (χ3n) is 4.89. The smallest absolute Gasteiger partial charge is 0.331 e. The van der Waals surface area contributed by atoms with Crippen LogP contribution in [0.5, 0.6) is 11.5 Å². The predicted octanol–water partition coefficient (Wildman–Crippen LogP) is 3.34. The maximum absolute atomic E-state index is 12.9. The van der Waals surface area contributed by atoms with Crippen molar-refractivity contribution >= 4 is 23.6 Å². The summed E-state index contributed by atoms with van der Waals surface area (Å²) in [5.41, 5.74) is 2.80. The van der Waals surface area contributed by atoms with E-state index in [0.29, 0.717) is 11.5 Å². The summed E-state index contributed by atoms with van der Waals surface area (Å²) in [6.07, 6.45) is 2.85. The second kappa shape index (κ2) is 7.38. The fourth-order valence-corrected chi connectivity index (χ4v) is 3.54. The van der Waals surface area contributed by atoms with Gasteiger partial charge in [0.05, 0.1) is 0 Å².